The summed E-state index contributed by atoms with van der Waals surface area (Å²) in [5, 5.41) is 22.0. The molecule has 0 fully saturated rings. The molecule has 0 rings (SSSR count). The summed E-state index contributed by atoms with van der Waals surface area (Å²) in [6.07, 6.45) is 1.82. The van der Waals surface area contributed by atoms with Gasteiger partial charge in [0.05, 0.1) is 5.60 Å². The Bertz CT molecular complexity index is 260. The van der Waals surface area contributed by atoms with E-state index in [2.05, 4.69) is 19.2 Å². The number of hydrogen-bond acceptors (Lipinski definition) is 3. The maximum absolute atomic E-state index is 10.5. The van der Waals surface area contributed by atoms with Gasteiger partial charge in [-0.05, 0) is 37.6 Å². The summed E-state index contributed by atoms with van der Waals surface area (Å²) < 4.78 is 0. The van der Waals surface area contributed by atoms with Crippen molar-refractivity contribution in [3.63, 3.8) is 0 Å². The van der Waals surface area contributed by atoms with Gasteiger partial charge in [0.15, 0.2) is 0 Å². The molecule has 18 heavy (non-hydrogen) atoms. The highest BCUT2D eigenvalue weighted by Gasteiger charge is 2.24. The van der Waals surface area contributed by atoms with Gasteiger partial charge in [-0.15, -0.1) is 0 Å². The number of nitrogens with one attached hydrogen (secondary N) is 1. The summed E-state index contributed by atoms with van der Waals surface area (Å²) in [6, 6.07) is 0. The molecule has 0 saturated heterocycles. The lowest BCUT2D eigenvalue weighted by molar-refractivity contribution is -0.137. The molecule has 4 nitrogen and oxygen atoms in total. The number of aliphatic carboxylic acids is 1. The van der Waals surface area contributed by atoms with Crippen molar-refractivity contribution in [1.82, 2.24) is 5.32 Å². The number of hydrogen-bond donors (Lipinski definition) is 3. The zero-order chi connectivity index (χ0) is 14.4. The lowest BCUT2D eigenvalue weighted by Crippen LogP contribution is -2.43. The number of carbonyl (C=O) groups is 1. The molecule has 4 heteroatoms. The standard InChI is InChI=1S/C14H29NO3/c1-11(2)14(5,18)10-15-9-8-13(3,4)7-6-12(16)17/h11,15,18H,6-10H2,1-5H3,(H,16,17). The van der Waals surface area contributed by atoms with Crippen molar-refractivity contribution < 1.29 is 15.0 Å². The third-order valence-corrected chi connectivity index (χ3v) is 3.72. The van der Waals surface area contributed by atoms with E-state index in [1.54, 1.807) is 0 Å². The Morgan fingerprint density at radius 2 is 1.78 bits per heavy atom. The predicted molar refractivity (Wildman–Crippen MR) is 73.6 cm³/mol. The highest BCUT2D eigenvalue weighted by atomic mass is 16.4. The fourth-order valence-corrected chi connectivity index (χ4v) is 1.54. The molecular weight excluding hydrogens is 230 g/mol. The van der Waals surface area contributed by atoms with Gasteiger partial charge >= 0.3 is 5.97 Å². The monoisotopic (exact) mass is 259 g/mol. The molecule has 1 unspecified atom stereocenters. The van der Waals surface area contributed by atoms with Crippen LogP contribution in [-0.2, 0) is 4.79 Å². The topological polar surface area (TPSA) is 69.6 Å². The first-order chi connectivity index (χ1) is 8.07. The molecule has 0 spiro atoms. The molecule has 0 heterocycles. The van der Waals surface area contributed by atoms with Gasteiger partial charge < -0.3 is 15.5 Å². The van der Waals surface area contributed by atoms with Gasteiger partial charge in [0, 0.05) is 13.0 Å². The maximum Gasteiger partial charge on any atom is 0.303 e. The molecule has 0 aromatic rings. The van der Waals surface area contributed by atoms with E-state index in [4.69, 9.17) is 5.11 Å². The van der Waals surface area contributed by atoms with Crippen molar-refractivity contribution in [3.05, 3.63) is 0 Å². The molecule has 0 aliphatic carbocycles. The van der Waals surface area contributed by atoms with Crippen LogP contribution in [0.15, 0.2) is 0 Å². The van der Waals surface area contributed by atoms with Crippen LogP contribution < -0.4 is 5.32 Å². The largest absolute Gasteiger partial charge is 0.481 e. The zero-order valence-electron chi connectivity index (χ0n) is 12.4. The molecule has 108 valence electrons. The minimum atomic E-state index is -0.737. The highest BCUT2D eigenvalue weighted by molar-refractivity contribution is 5.66. The Labute approximate surface area is 111 Å². The van der Waals surface area contributed by atoms with Gasteiger partial charge in [-0.25, -0.2) is 0 Å². The molecule has 0 bridgehead atoms. The van der Waals surface area contributed by atoms with Crippen molar-refractivity contribution in [3.8, 4) is 0 Å². The molecule has 0 amide bonds. The first-order valence-electron chi connectivity index (χ1n) is 6.72. The van der Waals surface area contributed by atoms with Gasteiger partial charge in [0.25, 0.3) is 0 Å². The Morgan fingerprint density at radius 3 is 2.22 bits per heavy atom. The highest BCUT2D eigenvalue weighted by Crippen LogP contribution is 2.26. The van der Waals surface area contributed by atoms with E-state index in [0.717, 1.165) is 13.0 Å². The molecule has 0 saturated carbocycles. The summed E-state index contributed by atoms with van der Waals surface area (Å²) in [7, 11) is 0. The third-order valence-electron chi connectivity index (χ3n) is 3.72. The lowest BCUT2D eigenvalue weighted by atomic mass is 9.84. The number of aliphatic hydroxyl groups is 1. The van der Waals surface area contributed by atoms with E-state index in [9.17, 15) is 9.90 Å². The van der Waals surface area contributed by atoms with Gasteiger partial charge in [-0.1, -0.05) is 27.7 Å². The van der Waals surface area contributed by atoms with Crippen molar-refractivity contribution in [2.75, 3.05) is 13.1 Å². The van der Waals surface area contributed by atoms with E-state index in [-0.39, 0.29) is 17.8 Å². The average Bonchev–Trinajstić information content (AvgIpc) is 2.22. The Hall–Kier alpha value is -0.610. The maximum atomic E-state index is 10.5. The van der Waals surface area contributed by atoms with Crippen LogP contribution in [0.3, 0.4) is 0 Å². The van der Waals surface area contributed by atoms with Crippen LogP contribution in [0.4, 0.5) is 0 Å². The molecule has 0 aliphatic heterocycles. The normalized spacial score (nSPS) is 15.7. The fraction of sp³-hybridized carbons (Fsp3) is 0.929. The average molecular weight is 259 g/mol. The first-order valence-corrected chi connectivity index (χ1v) is 6.72. The van der Waals surface area contributed by atoms with Crippen molar-refractivity contribution in [1.29, 1.82) is 0 Å². The van der Waals surface area contributed by atoms with Crippen molar-refractivity contribution >= 4 is 5.97 Å². The third kappa shape index (κ3) is 7.67. The van der Waals surface area contributed by atoms with Crippen LogP contribution in [0, 0.1) is 11.3 Å². The second kappa shape index (κ2) is 7.10. The minimum absolute atomic E-state index is 0.0229. The number of carboxylic acid groups (broad SMARTS) is 1. The fourth-order valence-electron chi connectivity index (χ4n) is 1.54. The molecule has 0 aliphatic rings. The minimum Gasteiger partial charge on any atom is -0.481 e. The molecular formula is C14H29NO3. The van der Waals surface area contributed by atoms with E-state index in [1.807, 2.05) is 20.8 Å². The van der Waals surface area contributed by atoms with Crippen LogP contribution in [0.5, 0.6) is 0 Å². The molecule has 3 N–H and O–H groups in total. The van der Waals surface area contributed by atoms with Crippen LogP contribution in [0.25, 0.3) is 0 Å². The van der Waals surface area contributed by atoms with E-state index < -0.39 is 11.6 Å². The second-order valence-corrected chi connectivity index (χ2v) is 6.50. The van der Waals surface area contributed by atoms with Gasteiger partial charge in [0.1, 0.15) is 0 Å². The van der Waals surface area contributed by atoms with Gasteiger partial charge in [-0.3, -0.25) is 4.79 Å². The summed E-state index contributed by atoms with van der Waals surface area (Å²) in [4.78, 5) is 10.5. The van der Waals surface area contributed by atoms with Gasteiger partial charge in [0.2, 0.25) is 0 Å². The molecule has 0 aromatic heterocycles. The van der Waals surface area contributed by atoms with E-state index in [1.165, 1.54) is 0 Å². The summed E-state index contributed by atoms with van der Waals surface area (Å²) in [5.41, 5.74) is -0.666. The summed E-state index contributed by atoms with van der Waals surface area (Å²) >= 11 is 0. The van der Waals surface area contributed by atoms with E-state index >= 15 is 0 Å². The van der Waals surface area contributed by atoms with Crippen LogP contribution >= 0.6 is 0 Å². The summed E-state index contributed by atoms with van der Waals surface area (Å²) in [5.74, 6) is -0.524. The number of carboxylic acids is 1. The zero-order valence-corrected chi connectivity index (χ0v) is 12.4. The number of rotatable bonds is 9. The molecule has 1 atom stereocenters. The smallest absolute Gasteiger partial charge is 0.303 e. The van der Waals surface area contributed by atoms with Crippen LogP contribution in [0.2, 0.25) is 0 Å². The quantitative estimate of drug-likeness (QED) is 0.556. The van der Waals surface area contributed by atoms with Crippen molar-refractivity contribution in [2.24, 2.45) is 11.3 Å². The van der Waals surface area contributed by atoms with Crippen molar-refractivity contribution in [2.45, 2.75) is 59.5 Å². The van der Waals surface area contributed by atoms with Crippen LogP contribution in [0.1, 0.15) is 53.9 Å². The molecule has 0 radical (unpaired) electrons. The predicted octanol–water partition coefficient (Wildman–Crippen LogP) is 2.26. The Kier molecular flexibility index (Phi) is 6.86. The molecule has 0 aromatic carbocycles. The van der Waals surface area contributed by atoms with Gasteiger partial charge in [-0.2, -0.15) is 0 Å². The second-order valence-electron chi connectivity index (χ2n) is 6.50. The van der Waals surface area contributed by atoms with E-state index in [0.29, 0.717) is 13.0 Å². The Balaban J connectivity index is 3.86. The lowest BCUT2D eigenvalue weighted by Gasteiger charge is -2.29. The first kappa shape index (κ1) is 17.4. The SMILES string of the molecule is CC(C)C(C)(O)CNCCC(C)(C)CCC(=O)O. The Morgan fingerprint density at radius 1 is 1.22 bits per heavy atom. The van der Waals surface area contributed by atoms with Crippen LogP contribution in [-0.4, -0.2) is 34.9 Å². The summed E-state index contributed by atoms with van der Waals surface area (Å²) in [6.45, 7) is 11.4.